The second kappa shape index (κ2) is 5.45. The molecule has 88 valence electrons. The van der Waals surface area contributed by atoms with Gasteiger partial charge in [0.05, 0.1) is 11.9 Å². The minimum atomic E-state index is -0.158. The average molecular weight is 251 g/mol. The number of hydrogen-bond donors (Lipinski definition) is 1. The summed E-state index contributed by atoms with van der Waals surface area (Å²) in [6, 6.07) is 3.23. The van der Waals surface area contributed by atoms with Crippen LogP contribution in [0.15, 0.2) is 37.1 Å². The molecule has 0 aromatic carbocycles. The van der Waals surface area contributed by atoms with Gasteiger partial charge in [0.15, 0.2) is 0 Å². The molecule has 0 spiro atoms. The number of aromatic nitrogens is 3. The van der Waals surface area contributed by atoms with E-state index in [2.05, 4.69) is 15.3 Å². The minimum Gasteiger partial charge on any atom is -0.350 e. The topological polar surface area (TPSA) is 59.8 Å². The van der Waals surface area contributed by atoms with Gasteiger partial charge in [-0.15, -0.1) is 0 Å². The van der Waals surface area contributed by atoms with Gasteiger partial charge in [-0.05, 0) is 12.1 Å². The van der Waals surface area contributed by atoms with Crippen LogP contribution in [0.1, 0.15) is 10.4 Å². The molecule has 2 rings (SSSR count). The summed E-state index contributed by atoms with van der Waals surface area (Å²) in [5, 5.41) is 3.16. The lowest BCUT2D eigenvalue weighted by atomic mass is 10.3. The quantitative estimate of drug-likeness (QED) is 0.834. The molecule has 0 aliphatic heterocycles. The SMILES string of the molecule is O=C(NCCn1ccnc1)c1ccc(Cl)nc1. The smallest absolute Gasteiger partial charge is 0.252 e. The predicted molar refractivity (Wildman–Crippen MR) is 63.8 cm³/mol. The highest BCUT2D eigenvalue weighted by atomic mass is 35.5. The summed E-state index contributed by atoms with van der Waals surface area (Å²) in [5.41, 5.74) is 0.500. The van der Waals surface area contributed by atoms with E-state index >= 15 is 0 Å². The number of nitrogens with one attached hydrogen (secondary N) is 1. The maximum Gasteiger partial charge on any atom is 0.252 e. The van der Waals surface area contributed by atoms with E-state index in [9.17, 15) is 4.79 Å². The van der Waals surface area contributed by atoms with Gasteiger partial charge in [0.1, 0.15) is 5.15 Å². The molecule has 0 saturated heterocycles. The second-order valence-electron chi connectivity index (χ2n) is 3.43. The lowest BCUT2D eigenvalue weighted by molar-refractivity contribution is 0.0952. The third kappa shape index (κ3) is 3.29. The fourth-order valence-electron chi connectivity index (χ4n) is 1.33. The van der Waals surface area contributed by atoms with Crippen LogP contribution in [0.25, 0.3) is 0 Å². The van der Waals surface area contributed by atoms with E-state index in [4.69, 9.17) is 11.6 Å². The molecule has 6 heteroatoms. The summed E-state index contributed by atoms with van der Waals surface area (Å²) < 4.78 is 1.89. The average Bonchev–Trinajstić information content (AvgIpc) is 2.83. The van der Waals surface area contributed by atoms with Crippen molar-refractivity contribution in [3.05, 3.63) is 47.8 Å². The maximum atomic E-state index is 11.7. The van der Waals surface area contributed by atoms with Crippen LogP contribution < -0.4 is 5.32 Å². The fourth-order valence-corrected chi connectivity index (χ4v) is 1.44. The Bertz CT molecular complexity index is 481. The molecule has 2 heterocycles. The van der Waals surface area contributed by atoms with E-state index in [1.54, 1.807) is 24.7 Å². The normalized spacial score (nSPS) is 10.2. The van der Waals surface area contributed by atoms with Crippen molar-refractivity contribution in [1.29, 1.82) is 0 Å². The molecular weight excluding hydrogens is 240 g/mol. The van der Waals surface area contributed by atoms with Crippen LogP contribution in [-0.2, 0) is 6.54 Å². The maximum absolute atomic E-state index is 11.7. The number of pyridine rings is 1. The third-order valence-corrected chi connectivity index (χ3v) is 2.43. The van der Waals surface area contributed by atoms with Crippen LogP contribution in [0.3, 0.4) is 0 Å². The molecule has 0 saturated carbocycles. The molecular formula is C11H11ClN4O. The van der Waals surface area contributed by atoms with Crippen LogP contribution in [-0.4, -0.2) is 27.0 Å². The Hall–Kier alpha value is -1.88. The number of amides is 1. The highest BCUT2D eigenvalue weighted by Crippen LogP contribution is 2.04. The standard InChI is InChI=1S/C11H11ClN4O/c12-10-2-1-9(7-15-10)11(17)14-4-6-16-5-3-13-8-16/h1-3,5,7-8H,4,6H2,(H,14,17). The molecule has 0 unspecified atom stereocenters. The van der Waals surface area contributed by atoms with E-state index in [0.717, 1.165) is 0 Å². The zero-order valence-corrected chi connectivity index (χ0v) is 9.76. The number of halogens is 1. The van der Waals surface area contributed by atoms with Gasteiger partial charge < -0.3 is 9.88 Å². The first-order valence-corrected chi connectivity index (χ1v) is 5.49. The Labute approximate surface area is 103 Å². The molecule has 0 atom stereocenters. The van der Waals surface area contributed by atoms with Crippen LogP contribution >= 0.6 is 11.6 Å². The van der Waals surface area contributed by atoms with Gasteiger partial charge >= 0.3 is 0 Å². The van der Waals surface area contributed by atoms with E-state index in [1.165, 1.54) is 6.20 Å². The number of carbonyl (C=O) groups excluding carboxylic acids is 1. The van der Waals surface area contributed by atoms with E-state index in [1.807, 2.05) is 10.8 Å². The van der Waals surface area contributed by atoms with Gasteiger partial charge in [0, 0.05) is 31.7 Å². The molecule has 5 nitrogen and oxygen atoms in total. The number of rotatable bonds is 4. The fraction of sp³-hybridized carbons (Fsp3) is 0.182. The Balaban J connectivity index is 1.83. The van der Waals surface area contributed by atoms with Crippen molar-refractivity contribution in [2.24, 2.45) is 0 Å². The first-order valence-electron chi connectivity index (χ1n) is 5.11. The van der Waals surface area contributed by atoms with Crippen molar-refractivity contribution in [3.63, 3.8) is 0 Å². The van der Waals surface area contributed by atoms with E-state index < -0.39 is 0 Å². The van der Waals surface area contributed by atoms with Crippen LogP contribution in [0.5, 0.6) is 0 Å². The van der Waals surface area contributed by atoms with Crippen molar-refractivity contribution >= 4 is 17.5 Å². The zero-order chi connectivity index (χ0) is 12.1. The summed E-state index contributed by atoms with van der Waals surface area (Å²) >= 11 is 5.64. The number of carbonyl (C=O) groups is 1. The first-order chi connectivity index (χ1) is 8.25. The summed E-state index contributed by atoms with van der Waals surface area (Å²) in [7, 11) is 0. The molecule has 0 radical (unpaired) electrons. The molecule has 0 bridgehead atoms. The molecule has 2 aromatic heterocycles. The number of imidazole rings is 1. The molecule has 2 aromatic rings. The number of nitrogens with zero attached hydrogens (tertiary/aromatic N) is 3. The predicted octanol–water partition coefficient (Wildman–Crippen LogP) is 1.36. The van der Waals surface area contributed by atoms with E-state index in [0.29, 0.717) is 23.8 Å². The Morgan fingerprint density at radius 1 is 1.47 bits per heavy atom. The highest BCUT2D eigenvalue weighted by Gasteiger charge is 2.04. The largest absolute Gasteiger partial charge is 0.350 e. The van der Waals surface area contributed by atoms with Gasteiger partial charge in [0.25, 0.3) is 5.91 Å². The lowest BCUT2D eigenvalue weighted by Crippen LogP contribution is -2.27. The Morgan fingerprint density at radius 2 is 2.35 bits per heavy atom. The molecule has 0 aliphatic rings. The van der Waals surface area contributed by atoms with Crippen molar-refractivity contribution in [1.82, 2.24) is 19.9 Å². The summed E-state index contributed by atoms with van der Waals surface area (Å²) in [4.78, 5) is 19.4. The van der Waals surface area contributed by atoms with Crippen molar-refractivity contribution in [2.75, 3.05) is 6.54 Å². The molecule has 1 N–H and O–H groups in total. The van der Waals surface area contributed by atoms with E-state index in [-0.39, 0.29) is 5.91 Å². The molecule has 0 aliphatic carbocycles. The molecule has 1 amide bonds. The second-order valence-corrected chi connectivity index (χ2v) is 3.81. The van der Waals surface area contributed by atoms with Gasteiger partial charge in [-0.2, -0.15) is 0 Å². The van der Waals surface area contributed by atoms with Gasteiger partial charge in [-0.1, -0.05) is 11.6 Å². The van der Waals surface area contributed by atoms with Crippen LogP contribution in [0, 0.1) is 0 Å². The van der Waals surface area contributed by atoms with Gasteiger partial charge in [-0.25, -0.2) is 9.97 Å². The van der Waals surface area contributed by atoms with Crippen molar-refractivity contribution < 1.29 is 4.79 Å². The molecule has 17 heavy (non-hydrogen) atoms. The summed E-state index contributed by atoms with van der Waals surface area (Å²) in [5.74, 6) is -0.158. The first kappa shape index (κ1) is 11.6. The monoisotopic (exact) mass is 250 g/mol. The zero-order valence-electron chi connectivity index (χ0n) is 9.01. The Morgan fingerprint density at radius 3 is 3.00 bits per heavy atom. The summed E-state index contributed by atoms with van der Waals surface area (Å²) in [6.45, 7) is 1.23. The van der Waals surface area contributed by atoms with Crippen LogP contribution in [0.4, 0.5) is 0 Å². The number of hydrogen-bond acceptors (Lipinski definition) is 3. The van der Waals surface area contributed by atoms with Crippen molar-refractivity contribution in [2.45, 2.75) is 6.54 Å². The van der Waals surface area contributed by atoms with Gasteiger partial charge in [-0.3, -0.25) is 4.79 Å². The minimum absolute atomic E-state index is 0.158. The van der Waals surface area contributed by atoms with Crippen molar-refractivity contribution in [3.8, 4) is 0 Å². The van der Waals surface area contributed by atoms with Crippen LogP contribution in [0.2, 0.25) is 5.15 Å². The highest BCUT2D eigenvalue weighted by molar-refractivity contribution is 6.29. The molecule has 0 fully saturated rings. The third-order valence-electron chi connectivity index (χ3n) is 2.20. The van der Waals surface area contributed by atoms with Gasteiger partial charge in [0.2, 0.25) is 0 Å². The Kier molecular flexibility index (Phi) is 3.72. The summed E-state index contributed by atoms with van der Waals surface area (Å²) in [6.07, 6.45) is 6.70. The lowest BCUT2D eigenvalue weighted by Gasteiger charge is -2.05.